The number of piperidine rings is 1. The number of amides is 1. The molecule has 0 aliphatic carbocycles. The molecule has 1 amide bonds. The van der Waals surface area contributed by atoms with Crippen molar-refractivity contribution in [3.05, 3.63) is 23.2 Å². The number of carbonyl (C=O) groups excluding carboxylic acids is 1. The highest BCUT2D eigenvalue weighted by atomic mass is 32.2. The average Bonchev–Trinajstić information content (AvgIpc) is 2.98. The molecule has 0 atom stereocenters. The number of thiazole rings is 1. The lowest BCUT2D eigenvalue weighted by Crippen LogP contribution is -2.55. The van der Waals surface area contributed by atoms with Crippen LogP contribution in [0, 0.1) is 0 Å². The minimum Gasteiger partial charge on any atom is -0.325 e. The van der Waals surface area contributed by atoms with Gasteiger partial charge in [0.05, 0.1) is 15.2 Å². The molecule has 6 nitrogen and oxygen atoms in total. The number of carbonyl (C=O) groups is 1. The summed E-state index contributed by atoms with van der Waals surface area (Å²) in [7, 11) is -3.52. The van der Waals surface area contributed by atoms with E-state index in [2.05, 4.69) is 29.5 Å². The number of fused-ring (bicyclic) bond motifs is 1. The monoisotopic (exact) mass is 381 g/mol. The number of nitrogens with one attached hydrogen (secondary N) is 2. The van der Waals surface area contributed by atoms with E-state index in [4.69, 9.17) is 0 Å². The van der Waals surface area contributed by atoms with Crippen LogP contribution in [0.5, 0.6) is 0 Å². The van der Waals surface area contributed by atoms with E-state index in [9.17, 15) is 13.2 Å². The van der Waals surface area contributed by atoms with E-state index in [0.717, 1.165) is 21.5 Å². The van der Waals surface area contributed by atoms with Gasteiger partial charge in [-0.25, -0.2) is 13.4 Å². The van der Waals surface area contributed by atoms with E-state index in [1.807, 2.05) is 12.1 Å². The molecule has 2 heterocycles. The van der Waals surface area contributed by atoms with Gasteiger partial charge in [0, 0.05) is 17.9 Å². The SMILES string of the molecule is CC(C)c1nc2ccc(NC(=O)C3(S(C)(=O)=O)CCNCC3)cc2s1. The predicted octanol–water partition coefficient (Wildman–Crippen LogP) is 2.53. The minimum absolute atomic E-state index is 0.290. The fourth-order valence-electron chi connectivity index (χ4n) is 3.11. The Labute approximate surface area is 152 Å². The van der Waals surface area contributed by atoms with Crippen LogP contribution in [0.1, 0.15) is 37.6 Å². The van der Waals surface area contributed by atoms with Gasteiger partial charge in [-0.3, -0.25) is 4.79 Å². The zero-order chi connectivity index (χ0) is 18.2. The Morgan fingerprint density at radius 2 is 2.00 bits per heavy atom. The molecule has 0 unspecified atom stereocenters. The van der Waals surface area contributed by atoms with Crippen LogP contribution in [-0.2, 0) is 14.6 Å². The fraction of sp³-hybridized carbons (Fsp3) is 0.529. The van der Waals surface area contributed by atoms with Crippen molar-refractivity contribution < 1.29 is 13.2 Å². The van der Waals surface area contributed by atoms with Gasteiger partial charge in [0.15, 0.2) is 14.6 Å². The number of aromatic nitrogens is 1. The molecular weight excluding hydrogens is 358 g/mol. The van der Waals surface area contributed by atoms with Crippen molar-refractivity contribution >= 4 is 43.0 Å². The molecule has 0 saturated carbocycles. The first-order chi connectivity index (χ1) is 11.7. The lowest BCUT2D eigenvalue weighted by atomic mass is 9.95. The second-order valence-electron chi connectivity index (χ2n) is 6.86. The van der Waals surface area contributed by atoms with Crippen LogP contribution in [0.2, 0.25) is 0 Å². The Kier molecular flexibility index (Phi) is 4.87. The maximum Gasteiger partial charge on any atom is 0.245 e. The van der Waals surface area contributed by atoms with E-state index in [-0.39, 0.29) is 12.8 Å². The molecule has 1 aliphatic heterocycles. The smallest absolute Gasteiger partial charge is 0.245 e. The first kappa shape index (κ1) is 18.3. The summed E-state index contributed by atoms with van der Waals surface area (Å²) in [6.07, 6.45) is 1.73. The van der Waals surface area contributed by atoms with Crippen LogP contribution < -0.4 is 10.6 Å². The highest BCUT2D eigenvalue weighted by Gasteiger charge is 2.48. The number of sulfone groups is 1. The molecule has 1 aliphatic rings. The van der Waals surface area contributed by atoms with Gasteiger partial charge < -0.3 is 10.6 Å². The summed E-state index contributed by atoms with van der Waals surface area (Å²) in [5, 5.41) is 6.99. The average molecular weight is 382 g/mol. The zero-order valence-corrected chi connectivity index (χ0v) is 16.3. The Morgan fingerprint density at radius 1 is 1.32 bits per heavy atom. The maximum absolute atomic E-state index is 12.9. The molecule has 1 saturated heterocycles. The van der Waals surface area contributed by atoms with Crippen LogP contribution in [0.25, 0.3) is 10.2 Å². The Balaban J connectivity index is 1.90. The maximum atomic E-state index is 12.9. The number of rotatable bonds is 4. The molecule has 3 rings (SSSR count). The molecular formula is C17H23N3O3S2. The zero-order valence-electron chi connectivity index (χ0n) is 14.6. The fourth-order valence-corrected chi connectivity index (χ4v) is 5.45. The van der Waals surface area contributed by atoms with Crippen molar-refractivity contribution in [3.8, 4) is 0 Å². The van der Waals surface area contributed by atoms with Crippen LogP contribution >= 0.6 is 11.3 Å². The lowest BCUT2D eigenvalue weighted by Gasteiger charge is -2.34. The molecule has 0 spiro atoms. The predicted molar refractivity (Wildman–Crippen MR) is 102 cm³/mol. The number of hydrogen-bond acceptors (Lipinski definition) is 6. The minimum atomic E-state index is -3.52. The first-order valence-electron chi connectivity index (χ1n) is 8.35. The summed E-state index contributed by atoms with van der Waals surface area (Å²) >= 11 is 1.60. The summed E-state index contributed by atoms with van der Waals surface area (Å²) in [5.41, 5.74) is 1.50. The van der Waals surface area contributed by atoms with Crippen molar-refractivity contribution in [1.82, 2.24) is 10.3 Å². The Morgan fingerprint density at radius 3 is 2.60 bits per heavy atom. The largest absolute Gasteiger partial charge is 0.325 e. The van der Waals surface area contributed by atoms with Gasteiger partial charge in [0.25, 0.3) is 0 Å². The van der Waals surface area contributed by atoms with Gasteiger partial charge >= 0.3 is 0 Å². The molecule has 25 heavy (non-hydrogen) atoms. The number of nitrogens with zero attached hydrogens (tertiary/aromatic N) is 1. The summed E-state index contributed by atoms with van der Waals surface area (Å²) < 4.78 is 24.3. The van der Waals surface area contributed by atoms with Gasteiger partial charge in [-0.2, -0.15) is 0 Å². The van der Waals surface area contributed by atoms with Gasteiger partial charge in [-0.1, -0.05) is 13.8 Å². The summed E-state index contributed by atoms with van der Waals surface area (Å²) in [5.74, 6) is -0.0943. The molecule has 136 valence electrons. The van der Waals surface area contributed by atoms with Crippen molar-refractivity contribution in [2.75, 3.05) is 24.7 Å². The lowest BCUT2D eigenvalue weighted by molar-refractivity contribution is -0.119. The topological polar surface area (TPSA) is 88.2 Å². The normalized spacial score (nSPS) is 17.8. The molecule has 2 aromatic rings. The van der Waals surface area contributed by atoms with Crippen molar-refractivity contribution in [3.63, 3.8) is 0 Å². The first-order valence-corrected chi connectivity index (χ1v) is 11.1. The third kappa shape index (κ3) is 3.43. The standard InChI is InChI=1S/C17H23N3O3S2/c1-11(2)15-20-13-5-4-12(10-14(13)24-15)19-16(21)17(25(3,22)23)6-8-18-9-7-17/h4-5,10-11,18H,6-9H2,1-3H3,(H,19,21). The second-order valence-corrected chi connectivity index (χ2v) is 10.2. The van der Waals surface area contributed by atoms with Crippen molar-refractivity contribution in [1.29, 1.82) is 0 Å². The van der Waals surface area contributed by atoms with Gasteiger partial charge in [-0.05, 0) is 44.1 Å². The van der Waals surface area contributed by atoms with Gasteiger partial charge in [-0.15, -0.1) is 11.3 Å². The van der Waals surface area contributed by atoms with Crippen LogP contribution in [0.15, 0.2) is 18.2 Å². The molecule has 8 heteroatoms. The molecule has 0 bridgehead atoms. The quantitative estimate of drug-likeness (QED) is 0.850. The Bertz CT molecular complexity index is 897. The molecule has 1 aromatic heterocycles. The number of anilines is 1. The highest BCUT2D eigenvalue weighted by Crippen LogP contribution is 2.32. The molecule has 1 fully saturated rings. The second kappa shape index (κ2) is 6.66. The summed E-state index contributed by atoms with van der Waals surface area (Å²) in [6.45, 7) is 5.22. The van der Waals surface area contributed by atoms with Gasteiger partial charge in [0.1, 0.15) is 0 Å². The third-order valence-electron chi connectivity index (χ3n) is 4.69. The number of hydrogen-bond donors (Lipinski definition) is 2. The van der Waals surface area contributed by atoms with E-state index in [1.165, 1.54) is 0 Å². The van der Waals surface area contributed by atoms with Gasteiger partial charge in [0.2, 0.25) is 5.91 Å². The van der Waals surface area contributed by atoms with E-state index >= 15 is 0 Å². The summed E-state index contributed by atoms with van der Waals surface area (Å²) in [6, 6.07) is 5.51. The molecule has 2 N–H and O–H groups in total. The van der Waals surface area contributed by atoms with Crippen LogP contribution in [0.3, 0.4) is 0 Å². The van der Waals surface area contributed by atoms with Crippen LogP contribution in [-0.4, -0.2) is 43.4 Å². The molecule has 0 radical (unpaired) electrons. The van der Waals surface area contributed by atoms with Crippen LogP contribution in [0.4, 0.5) is 5.69 Å². The van der Waals surface area contributed by atoms with Crippen molar-refractivity contribution in [2.24, 2.45) is 0 Å². The third-order valence-corrected chi connectivity index (χ3v) is 8.02. The highest BCUT2D eigenvalue weighted by molar-refractivity contribution is 7.92. The number of benzene rings is 1. The molecule has 1 aromatic carbocycles. The Hall–Kier alpha value is -1.51. The van der Waals surface area contributed by atoms with E-state index in [0.29, 0.717) is 24.7 Å². The van der Waals surface area contributed by atoms with E-state index in [1.54, 1.807) is 17.4 Å². The summed E-state index contributed by atoms with van der Waals surface area (Å²) in [4.78, 5) is 17.4. The van der Waals surface area contributed by atoms with E-state index < -0.39 is 20.5 Å². The van der Waals surface area contributed by atoms with Crippen molar-refractivity contribution in [2.45, 2.75) is 37.4 Å².